The summed E-state index contributed by atoms with van der Waals surface area (Å²) in [6.07, 6.45) is 3.72. The highest BCUT2D eigenvalue weighted by atomic mass is 19.1. The summed E-state index contributed by atoms with van der Waals surface area (Å²) < 4.78 is 19.8. The Balaban J connectivity index is 2.25. The lowest BCUT2D eigenvalue weighted by atomic mass is 10.1. The Hall–Kier alpha value is -2.21. The number of carbonyl (C=O) groups excluding carboxylic acids is 1. The standard InChI is InChI=1S/C15H18FN3O2/c1-19-9-8-17-15(19)14(18-13(20)7-10-21-2)11-3-5-12(16)6-4-11/h3-6,8-9,14H,7,10H2,1-2H3,(H,18,20). The highest BCUT2D eigenvalue weighted by Crippen LogP contribution is 2.20. The second kappa shape index (κ2) is 6.99. The minimum absolute atomic E-state index is 0.144. The molecule has 1 atom stereocenters. The van der Waals surface area contributed by atoms with E-state index in [1.54, 1.807) is 31.6 Å². The minimum atomic E-state index is -0.421. The third kappa shape index (κ3) is 3.88. The molecule has 1 aromatic carbocycles. The van der Waals surface area contributed by atoms with E-state index in [2.05, 4.69) is 10.3 Å². The van der Waals surface area contributed by atoms with Crippen LogP contribution in [0, 0.1) is 5.82 Å². The van der Waals surface area contributed by atoms with Crippen LogP contribution < -0.4 is 5.32 Å². The summed E-state index contributed by atoms with van der Waals surface area (Å²) in [7, 11) is 3.39. The fraction of sp³-hybridized carbons (Fsp3) is 0.333. The van der Waals surface area contributed by atoms with Crippen molar-refractivity contribution in [3.8, 4) is 0 Å². The number of imidazole rings is 1. The first-order valence-electron chi connectivity index (χ1n) is 6.63. The number of benzene rings is 1. The molecule has 0 aliphatic carbocycles. The van der Waals surface area contributed by atoms with Crippen LogP contribution in [-0.4, -0.2) is 29.2 Å². The van der Waals surface area contributed by atoms with Gasteiger partial charge >= 0.3 is 0 Å². The molecule has 0 radical (unpaired) electrons. The minimum Gasteiger partial charge on any atom is -0.384 e. The number of halogens is 1. The number of hydrogen-bond donors (Lipinski definition) is 1. The number of ether oxygens (including phenoxy) is 1. The molecular formula is C15H18FN3O2. The predicted octanol–water partition coefficient (Wildman–Crippen LogP) is 1.80. The van der Waals surface area contributed by atoms with Crippen molar-refractivity contribution in [1.29, 1.82) is 0 Å². The van der Waals surface area contributed by atoms with Crippen LogP contribution in [0.1, 0.15) is 23.9 Å². The molecule has 2 aromatic rings. The Bertz CT molecular complexity index is 595. The number of methoxy groups -OCH3 is 1. The van der Waals surface area contributed by atoms with Crippen LogP contribution in [0.4, 0.5) is 4.39 Å². The molecule has 0 bridgehead atoms. The zero-order valence-electron chi connectivity index (χ0n) is 12.0. The number of amides is 1. The number of hydrogen-bond acceptors (Lipinski definition) is 3. The lowest BCUT2D eigenvalue weighted by molar-refractivity contribution is -0.122. The maximum Gasteiger partial charge on any atom is 0.223 e. The van der Waals surface area contributed by atoms with Gasteiger partial charge in [-0.1, -0.05) is 12.1 Å². The molecule has 2 rings (SSSR count). The largest absolute Gasteiger partial charge is 0.384 e. The Morgan fingerprint density at radius 2 is 2.14 bits per heavy atom. The summed E-state index contributed by atoms with van der Waals surface area (Å²) in [5.41, 5.74) is 0.775. The third-order valence-electron chi connectivity index (χ3n) is 3.16. The summed E-state index contributed by atoms with van der Waals surface area (Å²) in [6, 6.07) is 5.60. The van der Waals surface area contributed by atoms with Gasteiger partial charge in [-0.2, -0.15) is 0 Å². The zero-order valence-corrected chi connectivity index (χ0v) is 12.0. The highest BCUT2D eigenvalue weighted by Gasteiger charge is 2.20. The Morgan fingerprint density at radius 3 is 2.71 bits per heavy atom. The second-order valence-corrected chi connectivity index (χ2v) is 4.69. The lowest BCUT2D eigenvalue weighted by Crippen LogP contribution is -2.31. The molecule has 0 fully saturated rings. The fourth-order valence-corrected chi connectivity index (χ4v) is 2.04. The predicted molar refractivity (Wildman–Crippen MR) is 76.1 cm³/mol. The van der Waals surface area contributed by atoms with Crippen molar-refractivity contribution in [2.24, 2.45) is 7.05 Å². The molecule has 1 heterocycles. The Labute approximate surface area is 122 Å². The smallest absolute Gasteiger partial charge is 0.223 e. The molecule has 1 amide bonds. The number of aromatic nitrogens is 2. The number of nitrogens with zero attached hydrogens (tertiary/aromatic N) is 2. The van der Waals surface area contributed by atoms with E-state index in [1.807, 2.05) is 11.6 Å². The van der Waals surface area contributed by atoms with E-state index >= 15 is 0 Å². The van der Waals surface area contributed by atoms with Crippen LogP contribution in [0.5, 0.6) is 0 Å². The maximum absolute atomic E-state index is 13.1. The molecular weight excluding hydrogens is 273 g/mol. The van der Waals surface area contributed by atoms with Crippen molar-refractivity contribution in [2.75, 3.05) is 13.7 Å². The molecule has 0 aliphatic heterocycles. The average Bonchev–Trinajstić information content (AvgIpc) is 2.89. The molecule has 0 saturated carbocycles. The van der Waals surface area contributed by atoms with Crippen LogP contribution in [-0.2, 0) is 16.6 Å². The van der Waals surface area contributed by atoms with Crippen LogP contribution in [0.25, 0.3) is 0 Å². The van der Waals surface area contributed by atoms with E-state index in [-0.39, 0.29) is 18.1 Å². The zero-order chi connectivity index (χ0) is 15.2. The molecule has 1 N–H and O–H groups in total. The summed E-state index contributed by atoms with van der Waals surface area (Å²) in [5.74, 6) is 0.226. The number of aryl methyl sites for hydroxylation is 1. The van der Waals surface area contributed by atoms with Crippen LogP contribution in [0.3, 0.4) is 0 Å². The molecule has 1 aromatic heterocycles. The fourth-order valence-electron chi connectivity index (χ4n) is 2.04. The SMILES string of the molecule is COCCC(=O)NC(c1ccc(F)cc1)c1nccn1C. The van der Waals surface area contributed by atoms with Crippen molar-refractivity contribution >= 4 is 5.91 Å². The molecule has 0 aliphatic rings. The van der Waals surface area contributed by atoms with Crippen LogP contribution in [0.15, 0.2) is 36.7 Å². The van der Waals surface area contributed by atoms with Crippen molar-refractivity contribution in [2.45, 2.75) is 12.5 Å². The van der Waals surface area contributed by atoms with Gasteiger partial charge in [-0.15, -0.1) is 0 Å². The van der Waals surface area contributed by atoms with Gasteiger partial charge in [0.2, 0.25) is 5.91 Å². The van der Waals surface area contributed by atoms with E-state index in [0.29, 0.717) is 12.4 Å². The van der Waals surface area contributed by atoms with Gasteiger partial charge in [0.05, 0.1) is 6.61 Å². The monoisotopic (exact) mass is 291 g/mol. The van der Waals surface area contributed by atoms with Gasteiger partial charge in [0.1, 0.15) is 17.7 Å². The highest BCUT2D eigenvalue weighted by molar-refractivity contribution is 5.76. The summed E-state index contributed by atoms with van der Waals surface area (Å²) in [6.45, 7) is 0.350. The molecule has 21 heavy (non-hydrogen) atoms. The van der Waals surface area contributed by atoms with Gasteiger partial charge in [0.15, 0.2) is 0 Å². The van der Waals surface area contributed by atoms with Gasteiger partial charge < -0.3 is 14.6 Å². The number of nitrogens with one attached hydrogen (secondary N) is 1. The van der Waals surface area contributed by atoms with E-state index in [9.17, 15) is 9.18 Å². The Kier molecular flexibility index (Phi) is 5.05. The molecule has 0 saturated heterocycles. The van der Waals surface area contributed by atoms with Crippen molar-refractivity contribution < 1.29 is 13.9 Å². The maximum atomic E-state index is 13.1. The van der Waals surface area contributed by atoms with Crippen LogP contribution >= 0.6 is 0 Å². The molecule has 5 nitrogen and oxygen atoms in total. The first-order valence-corrected chi connectivity index (χ1v) is 6.63. The second-order valence-electron chi connectivity index (χ2n) is 4.69. The molecule has 0 spiro atoms. The van der Waals surface area contributed by atoms with E-state index in [0.717, 1.165) is 5.56 Å². The number of carbonyl (C=O) groups is 1. The van der Waals surface area contributed by atoms with Crippen molar-refractivity contribution in [3.05, 3.63) is 53.9 Å². The first-order chi connectivity index (χ1) is 10.1. The summed E-state index contributed by atoms with van der Waals surface area (Å²) >= 11 is 0. The molecule has 6 heteroatoms. The normalized spacial score (nSPS) is 12.1. The first kappa shape index (κ1) is 15.2. The van der Waals surface area contributed by atoms with E-state index in [1.165, 1.54) is 12.1 Å². The number of rotatable bonds is 6. The third-order valence-corrected chi connectivity index (χ3v) is 3.16. The molecule has 1 unspecified atom stereocenters. The Morgan fingerprint density at radius 1 is 1.43 bits per heavy atom. The van der Waals surface area contributed by atoms with Gasteiger partial charge in [0, 0.05) is 33.0 Å². The molecule has 112 valence electrons. The summed E-state index contributed by atoms with van der Waals surface area (Å²) in [5, 5.41) is 2.91. The average molecular weight is 291 g/mol. The van der Waals surface area contributed by atoms with Gasteiger partial charge in [-0.05, 0) is 17.7 Å². The lowest BCUT2D eigenvalue weighted by Gasteiger charge is -2.19. The van der Waals surface area contributed by atoms with Gasteiger partial charge in [-0.25, -0.2) is 9.37 Å². The summed E-state index contributed by atoms with van der Waals surface area (Å²) in [4.78, 5) is 16.2. The van der Waals surface area contributed by atoms with E-state index < -0.39 is 6.04 Å². The van der Waals surface area contributed by atoms with Crippen molar-refractivity contribution in [1.82, 2.24) is 14.9 Å². The van der Waals surface area contributed by atoms with E-state index in [4.69, 9.17) is 4.74 Å². The van der Waals surface area contributed by atoms with Crippen LogP contribution in [0.2, 0.25) is 0 Å². The van der Waals surface area contributed by atoms with Gasteiger partial charge in [0.25, 0.3) is 0 Å². The van der Waals surface area contributed by atoms with Crippen molar-refractivity contribution in [3.63, 3.8) is 0 Å². The quantitative estimate of drug-likeness (QED) is 0.883. The van der Waals surface area contributed by atoms with Gasteiger partial charge in [-0.3, -0.25) is 4.79 Å². The topological polar surface area (TPSA) is 56.1 Å².